The molecule has 0 atom stereocenters. The third kappa shape index (κ3) is 3.14. The van der Waals surface area contributed by atoms with Crippen LogP contribution in [0.1, 0.15) is 21.6 Å². The maximum Gasteiger partial charge on any atom is 0.354 e. The minimum atomic E-state index is -1.24. The first-order chi connectivity index (χ1) is 9.88. The zero-order valence-electron chi connectivity index (χ0n) is 11.5. The molecule has 1 aromatic heterocycles. The standard InChI is InChI=1S/C14H13N3O4/c1-8-3-4-10(7-9(8)2)15-13-12(17(20)21)6-5-11(16-13)14(18)19/h3-7H,1-2H3,(H,15,16)(H,18,19). The Morgan fingerprint density at radius 2 is 1.95 bits per heavy atom. The minimum absolute atomic E-state index is 0.0943. The fraction of sp³-hybridized carbons (Fsp3) is 0.143. The first kappa shape index (κ1) is 14.4. The van der Waals surface area contributed by atoms with Crippen LogP contribution < -0.4 is 5.32 Å². The lowest BCUT2D eigenvalue weighted by Gasteiger charge is -2.09. The van der Waals surface area contributed by atoms with Crippen LogP contribution in [-0.2, 0) is 0 Å². The van der Waals surface area contributed by atoms with Crippen LogP contribution in [0.4, 0.5) is 17.2 Å². The predicted molar refractivity (Wildman–Crippen MR) is 77.0 cm³/mol. The van der Waals surface area contributed by atoms with Crippen LogP contribution in [-0.4, -0.2) is 21.0 Å². The average Bonchev–Trinajstić information content (AvgIpc) is 2.42. The number of carboxylic acid groups (broad SMARTS) is 1. The number of nitro groups is 1. The lowest BCUT2D eigenvalue weighted by atomic mass is 10.1. The molecule has 0 fully saturated rings. The zero-order valence-corrected chi connectivity index (χ0v) is 11.5. The van der Waals surface area contributed by atoms with E-state index in [9.17, 15) is 14.9 Å². The molecular weight excluding hydrogens is 274 g/mol. The molecule has 7 nitrogen and oxygen atoms in total. The number of anilines is 2. The van der Waals surface area contributed by atoms with Gasteiger partial charge in [-0.15, -0.1) is 0 Å². The van der Waals surface area contributed by atoms with Gasteiger partial charge in [0.1, 0.15) is 0 Å². The van der Waals surface area contributed by atoms with E-state index in [-0.39, 0.29) is 17.2 Å². The summed E-state index contributed by atoms with van der Waals surface area (Å²) in [7, 11) is 0. The van der Waals surface area contributed by atoms with Gasteiger partial charge in [0.15, 0.2) is 5.69 Å². The molecule has 1 heterocycles. The van der Waals surface area contributed by atoms with E-state index in [1.54, 1.807) is 6.07 Å². The van der Waals surface area contributed by atoms with Crippen molar-refractivity contribution in [2.75, 3.05) is 5.32 Å². The van der Waals surface area contributed by atoms with Crippen LogP contribution in [0.2, 0.25) is 0 Å². The maximum atomic E-state index is 11.0. The first-order valence-electron chi connectivity index (χ1n) is 6.11. The summed E-state index contributed by atoms with van der Waals surface area (Å²) in [6.45, 7) is 3.86. The topological polar surface area (TPSA) is 105 Å². The Balaban J connectivity index is 2.45. The average molecular weight is 287 g/mol. The van der Waals surface area contributed by atoms with E-state index >= 15 is 0 Å². The Kier molecular flexibility index (Phi) is 3.84. The largest absolute Gasteiger partial charge is 0.477 e. The number of nitrogens with one attached hydrogen (secondary N) is 1. The number of aryl methyl sites for hydroxylation is 2. The maximum absolute atomic E-state index is 11.0. The number of aromatic nitrogens is 1. The summed E-state index contributed by atoms with van der Waals surface area (Å²) < 4.78 is 0. The number of nitrogens with zero attached hydrogens (tertiary/aromatic N) is 2. The smallest absolute Gasteiger partial charge is 0.354 e. The second-order valence-electron chi connectivity index (χ2n) is 4.55. The predicted octanol–water partition coefficient (Wildman–Crippen LogP) is 3.05. The molecule has 0 saturated carbocycles. The van der Waals surface area contributed by atoms with Gasteiger partial charge in [-0.3, -0.25) is 10.1 Å². The second kappa shape index (κ2) is 5.58. The molecule has 0 spiro atoms. The van der Waals surface area contributed by atoms with Gasteiger partial charge in [0.05, 0.1) is 4.92 Å². The highest BCUT2D eigenvalue weighted by Crippen LogP contribution is 2.26. The lowest BCUT2D eigenvalue weighted by Crippen LogP contribution is -2.06. The molecule has 0 radical (unpaired) electrons. The molecular formula is C14H13N3O4. The van der Waals surface area contributed by atoms with E-state index in [1.165, 1.54) is 0 Å². The molecule has 0 unspecified atom stereocenters. The molecule has 0 bridgehead atoms. The van der Waals surface area contributed by atoms with Gasteiger partial charge in [0, 0.05) is 11.8 Å². The second-order valence-corrected chi connectivity index (χ2v) is 4.55. The van der Waals surface area contributed by atoms with E-state index in [0.29, 0.717) is 5.69 Å². The molecule has 2 N–H and O–H groups in total. The molecule has 0 saturated heterocycles. The highest BCUT2D eigenvalue weighted by molar-refractivity contribution is 5.86. The van der Waals surface area contributed by atoms with E-state index in [2.05, 4.69) is 10.3 Å². The summed E-state index contributed by atoms with van der Waals surface area (Å²) in [6.07, 6.45) is 0. The van der Waals surface area contributed by atoms with Gasteiger partial charge < -0.3 is 10.4 Å². The molecule has 2 aromatic rings. The first-order valence-corrected chi connectivity index (χ1v) is 6.11. The van der Waals surface area contributed by atoms with Crippen molar-refractivity contribution in [3.05, 3.63) is 57.3 Å². The summed E-state index contributed by atoms with van der Waals surface area (Å²) in [5.41, 5.74) is 2.17. The highest BCUT2D eigenvalue weighted by Gasteiger charge is 2.18. The van der Waals surface area contributed by atoms with Crippen molar-refractivity contribution in [3.8, 4) is 0 Å². The van der Waals surface area contributed by atoms with Crippen molar-refractivity contribution < 1.29 is 14.8 Å². The number of pyridine rings is 1. The van der Waals surface area contributed by atoms with Crippen LogP contribution in [0.25, 0.3) is 0 Å². The van der Waals surface area contributed by atoms with E-state index in [4.69, 9.17) is 5.11 Å². The fourth-order valence-electron chi connectivity index (χ4n) is 1.77. The lowest BCUT2D eigenvalue weighted by molar-refractivity contribution is -0.384. The van der Waals surface area contributed by atoms with Gasteiger partial charge in [-0.1, -0.05) is 6.07 Å². The molecule has 21 heavy (non-hydrogen) atoms. The quantitative estimate of drug-likeness (QED) is 0.661. The third-order valence-electron chi connectivity index (χ3n) is 3.06. The van der Waals surface area contributed by atoms with Crippen LogP contribution in [0.5, 0.6) is 0 Å². The third-order valence-corrected chi connectivity index (χ3v) is 3.06. The van der Waals surface area contributed by atoms with Crippen LogP contribution in [0, 0.1) is 24.0 Å². The van der Waals surface area contributed by atoms with E-state index in [0.717, 1.165) is 23.3 Å². The molecule has 7 heteroatoms. The highest BCUT2D eigenvalue weighted by atomic mass is 16.6. The minimum Gasteiger partial charge on any atom is -0.477 e. The van der Waals surface area contributed by atoms with Crippen molar-refractivity contribution in [1.29, 1.82) is 0 Å². The van der Waals surface area contributed by atoms with Gasteiger partial charge in [-0.05, 0) is 43.2 Å². The number of hydrogen-bond acceptors (Lipinski definition) is 5. The molecule has 2 rings (SSSR count). The summed E-state index contributed by atoms with van der Waals surface area (Å²) in [6, 6.07) is 7.66. The SMILES string of the molecule is Cc1ccc(Nc2nc(C(=O)O)ccc2[N+](=O)[O-])cc1C. The number of rotatable bonds is 4. The summed E-state index contributed by atoms with van der Waals surface area (Å²) in [4.78, 5) is 25.1. The van der Waals surface area contributed by atoms with Crippen molar-refractivity contribution in [1.82, 2.24) is 4.98 Å². The van der Waals surface area contributed by atoms with Gasteiger partial charge in [0.2, 0.25) is 5.82 Å². The van der Waals surface area contributed by atoms with Gasteiger partial charge in [-0.25, -0.2) is 9.78 Å². The van der Waals surface area contributed by atoms with Gasteiger partial charge in [-0.2, -0.15) is 0 Å². The Morgan fingerprint density at radius 3 is 2.52 bits per heavy atom. The number of benzene rings is 1. The molecule has 0 aliphatic carbocycles. The van der Waals surface area contributed by atoms with Crippen LogP contribution >= 0.6 is 0 Å². The van der Waals surface area contributed by atoms with E-state index in [1.807, 2.05) is 26.0 Å². The Hall–Kier alpha value is -2.96. The summed E-state index contributed by atoms with van der Waals surface area (Å²) in [5, 5.41) is 22.7. The Morgan fingerprint density at radius 1 is 1.24 bits per heavy atom. The van der Waals surface area contributed by atoms with Gasteiger partial charge >= 0.3 is 11.7 Å². The van der Waals surface area contributed by atoms with Gasteiger partial charge in [0.25, 0.3) is 0 Å². The Bertz CT molecular complexity index is 728. The number of hydrogen-bond donors (Lipinski definition) is 2. The fourth-order valence-corrected chi connectivity index (χ4v) is 1.77. The summed E-state index contributed by atoms with van der Waals surface area (Å²) in [5.74, 6) is -1.34. The van der Waals surface area contributed by atoms with E-state index < -0.39 is 10.9 Å². The zero-order chi connectivity index (χ0) is 15.6. The van der Waals surface area contributed by atoms with Crippen molar-refractivity contribution in [3.63, 3.8) is 0 Å². The molecule has 1 aromatic carbocycles. The van der Waals surface area contributed by atoms with Crippen molar-refractivity contribution in [2.24, 2.45) is 0 Å². The van der Waals surface area contributed by atoms with Crippen molar-refractivity contribution >= 4 is 23.2 Å². The van der Waals surface area contributed by atoms with Crippen LogP contribution in [0.15, 0.2) is 30.3 Å². The van der Waals surface area contributed by atoms with Crippen LogP contribution in [0.3, 0.4) is 0 Å². The molecule has 0 aliphatic heterocycles. The monoisotopic (exact) mass is 287 g/mol. The number of aromatic carboxylic acids is 1. The number of carbonyl (C=O) groups is 1. The van der Waals surface area contributed by atoms with Crippen molar-refractivity contribution in [2.45, 2.75) is 13.8 Å². The summed E-state index contributed by atoms with van der Waals surface area (Å²) >= 11 is 0. The molecule has 0 amide bonds. The Labute approximate surface area is 120 Å². The molecule has 108 valence electrons. The normalized spacial score (nSPS) is 10.2. The molecule has 0 aliphatic rings. The number of carboxylic acids is 1.